The quantitative estimate of drug-likeness (QED) is 0.0256. The first-order valence-electron chi connectivity index (χ1n) is 26.3. The summed E-state index contributed by atoms with van der Waals surface area (Å²) in [4.78, 5) is 134. The minimum atomic E-state index is -1.64. The second-order valence-electron chi connectivity index (χ2n) is 20.5. The first-order chi connectivity index (χ1) is 37.2. The standard InChI is InChI=1S/C53H83N11O14S/c1-28(2)21-37(59-45(69)35(55)26-65)49(73)64-44(31(7)66)52(76)62-41(27-79)50(74)60-38(22-29(3)4)48(72)63-43(30(5)6)51(75)58-36(15-11-12-20-54)46(70)56-25-42(68)57-39(23-32-13-9-8-10-14-32)47(71)61-40(53(77)78)24-33-16-18-34(67)19-17-33/h8-10,13-14,16-19,28-31,35-41,43-44,65-67,79H,11-12,15,20-27,54-55H2,1-7H3,(H,56,70)(H,57,68)(H,58,75)(H,59,69)(H,60,74)(H,61,71)(H,62,76)(H,63,72)(H,64,73)(H,77,78)/t31-,35+,36+,37+,38+,39+,40+,41+,43+,44+/m1/s1. The molecule has 0 heterocycles. The molecule has 0 fully saturated rings. The van der Waals surface area contributed by atoms with Gasteiger partial charge in [-0.3, -0.25) is 43.2 Å². The Morgan fingerprint density at radius 3 is 1.52 bits per heavy atom. The molecule has 0 bridgehead atoms. The minimum Gasteiger partial charge on any atom is -0.508 e. The van der Waals surface area contributed by atoms with Crippen LogP contribution >= 0.6 is 12.6 Å². The normalized spacial score (nSPS) is 15.1. The van der Waals surface area contributed by atoms with Gasteiger partial charge in [0.2, 0.25) is 53.2 Å². The molecule has 25 nitrogen and oxygen atoms in total. The number of benzene rings is 2. The van der Waals surface area contributed by atoms with Crippen LogP contribution in [0.5, 0.6) is 5.75 Å². The van der Waals surface area contributed by atoms with E-state index in [1.54, 1.807) is 71.9 Å². The molecule has 2 aromatic rings. The number of phenolic OH excluding ortho intramolecular Hbond substituents is 1. The van der Waals surface area contributed by atoms with Gasteiger partial charge in [-0.25, -0.2) is 4.79 Å². The van der Waals surface area contributed by atoms with E-state index in [1.165, 1.54) is 31.2 Å². The Hall–Kier alpha value is -6.87. The Labute approximate surface area is 466 Å². The summed E-state index contributed by atoms with van der Waals surface area (Å²) in [6, 6.07) is 2.23. The fourth-order valence-corrected chi connectivity index (χ4v) is 8.16. The summed E-state index contributed by atoms with van der Waals surface area (Å²) in [6.07, 6.45) is -0.668. The van der Waals surface area contributed by atoms with Crippen LogP contribution in [0.1, 0.15) is 91.7 Å². The van der Waals surface area contributed by atoms with Gasteiger partial charge in [-0.1, -0.05) is 84.0 Å². The predicted molar refractivity (Wildman–Crippen MR) is 295 cm³/mol. The number of aromatic hydroxyl groups is 1. The summed E-state index contributed by atoms with van der Waals surface area (Å²) in [6.45, 7) is 10.5. The number of unbranched alkanes of at least 4 members (excludes halogenated alkanes) is 1. The Bertz CT molecular complexity index is 2330. The van der Waals surface area contributed by atoms with Crippen LogP contribution in [0.2, 0.25) is 0 Å². The van der Waals surface area contributed by atoms with Crippen LogP contribution in [0.3, 0.4) is 0 Å². The lowest BCUT2D eigenvalue weighted by molar-refractivity contribution is -0.142. The van der Waals surface area contributed by atoms with Crippen molar-refractivity contribution in [2.24, 2.45) is 29.2 Å². The van der Waals surface area contributed by atoms with Gasteiger partial charge < -0.3 is 79.7 Å². The van der Waals surface area contributed by atoms with Crippen LogP contribution in [-0.2, 0) is 60.8 Å². The summed E-state index contributed by atoms with van der Waals surface area (Å²) in [5, 5.41) is 62.2. The van der Waals surface area contributed by atoms with Crippen molar-refractivity contribution in [3.8, 4) is 5.75 Å². The van der Waals surface area contributed by atoms with Gasteiger partial charge >= 0.3 is 5.97 Å². The molecular formula is C53H83N11O14S. The van der Waals surface area contributed by atoms with Gasteiger partial charge in [-0.2, -0.15) is 12.6 Å². The van der Waals surface area contributed by atoms with Crippen LogP contribution in [0.15, 0.2) is 54.6 Å². The number of thiol groups is 1. The molecule has 0 unspecified atom stereocenters. The maximum atomic E-state index is 14.1. The number of aliphatic hydroxyl groups excluding tert-OH is 2. The van der Waals surface area contributed by atoms with Crippen LogP contribution in [-0.4, -0.2) is 165 Å². The number of nitrogens with one attached hydrogen (secondary N) is 9. The van der Waals surface area contributed by atoms with Crippen LogP contribution in [0, 0.1) is 17.8 Å². The highest BCUT2D eigenvalue weighted by molar-refractivity contribution is 7.80. The molecule has 10 atom stereocenters. The number of hydrogen-bond acceptors (Lipinski definition) is 16. The summed E-state index contributed by atoms with van der Waals surface area (Å²) < 4.78 is 0. The summed E-state index contributed by atoms with van der Waals surface area (Å²) >= 11 is 4.23. The van der Waals surface area contributed by atoms with Crippen molar-refractivity contribution in [2.45, 2.75) is 154 Å². The second-order valence-corrected chi connectivity index (χ2v) is 20.9. The molecule has 0 saturated carbocycles. The van der Waals surface area contributed by atoms with Crippen molar-refractivity contribution in [3.63, 3.8) is 0 Å². The van der Waals surface area contributed by atoms with E-state index in [9.17, 15) is 68.4 Å². The number of phenols is 1. The monoisotopic (exact) mass is 1130 g/mol. The van der Waals surface area contributed by atoms with Gasteiger partial charge in [0, 0.05) is 18.6 Å². The molecule has 2 aromatic carbocycles. The Kier molecular flexibility index (Phi) is 30.1. The van der Waals surface area contributed by atoms with Crippen LogP contribution in [0.4, 0.5) is 0 Å². The third-order valence-corrected chi connectivity index (χ3v) is 12.6. The molecule has 79 heavy (non-hydrogen) atoms. The number of aliphatic carboxylic acids is 1. The van der Waals surface area contributed by atoms with Gasteiger partial charge in [0.1, 0.15) is 60.1 Å². The molecule has 26 heteroatoms. The molecular weight excluding hydrogens is 1050 g/mol. The van der Waals surface area contributed by atoms with Gasteiger partial charge in [-0.05, 0) is 86.6 Å². The summed E-state index contributed by atoms with van der Waals surface area (Å²) in [5.74, 6) is -10.2. The average Bonchev–Trinajstić information content (AvgIpc) is 3.39. The molecule has 17 N–H and O–H groups in total. The van der Waals surface area contributed by atoms with Crippen molar-refractivity contribution >= 4 is 71.8 Å². The van der Waals surface area contributed by atoms with E-state index < -0.39 is 139 Å². The maximum absolute atomic E-state index is 14.1. The average molecular weight is 1130 g/mol. The summed E-state index contributed by atoms with van der Waals surface area (Å²) in [5.41, 5.74) is 12.5. The fourth-order valence-electron chi connectivity index (χ4n) is 7.90. The molecule has 0 aliphatic carbocycles. The van der Waals surface area contributed by atoms with Gasteiger partial charge in [0.05, 0.1) is 19.3 Å². The lowest BCUT2D eigenvalue weighted by Crippen LogP contribution is -2.62. The van der Waals surface area contributed by atoms with Crippen molar-refractivity contribution in [3.05, 3.63) is 65.7 Å². The SMILES string of the molecule is CC(C)C[C@H](NC(=O)[C@H](CS)NC(=O)[C@@H](NC(=O)[C@H](CC(C)C)NC(=O)[C@@H](N)CO)[C@@H](C)O)C(=O)N[C@H](C(=O)N[C@@H](CCCCN)C(=O)NCC(=O)N[C@@H](Cc1ccccc1)C(=O)N[C@@H](Cc1ccc(O)cc1)C(=O)O)C(C)C. The molecule has 0 radical (unpaired) electrons. The van der Waals surface area contributed by atoms with Crippen molar-refractivity contribution in [1.82, 2.24) is 47.9 Å². The predicted octanol–water partition coefficient (Wildman–Crippen LogP) is -2.24. The molecule has 0 aromatic heterocycles. The number of carboxylic acid groups (broad SMARTS) is 1. The van der Waals surface area contributed by atoms with Crippen LogP contribution in [0.25, 0.3) is 0 Å². The molecule has 9 amide bonds. The minimum absolute atomic E-state index is 0.0315. The number of aliphatic hydroxyl groups is 2. The molecule has 0 saturated heterocycles. The smallest absolute Gasteiger partial charge is 0.326 e. The topological polar surface area (TPSA) is 412 Å². The summed E-state index contributed by atoms with van der Waals surface area (Å²) in [7, 11) is 0. The lowest BCUT2D eigenvalue weighted by atomic mass is 9.99. The molecule has 2 rings (SSSR count). The van der Waals surface area contributed by atoms with E-state index in [0.29, 0.717) is 24.0 Å². The lowest BCUT2D eigenvalue weighted by Gasteiger charge is -2.29. The highest BCUT2D eigenvalue weighted by atomic mass is 32.1. The van der Waals surface area contributed by atoms with E-state index >= 15 is 0 Å². The largest absolute Gasteiger partial charge is 0.508 e. The second kappa shape index (κ2) is 34.9. The Balaban J connectivity index is 2.25. The Morgan fingerprint density at radius 2 is 1.01 bits per heavy atom. The highest BCUT2D eigenvalue weighted by Crippen LogP contribution is 2.14. The third kappa shape index (κ3) is 24.8. The van der Waals surface area contributed by atoms with E-state index in [2.05, 4.69) is 60.5 Å². The zero-order chi connectivity index (χ0) is 59.5. The van der Waals surface area contributed by atoms with Gasteiger partial charge in [-0.15, -0.1) is 0 Å². The first-order valence-corrected chi connectivity index (χ1v) is 26.9. The Morgan fingerprint density at radius 1 is 0.544 bits per heavy atom. The first kappa shape index (κ1) is 68.2. The van der Waals surface area contributed by atoms with Crippen molar-refractivity contribution in [2.75, 3.05) is 25.4 Å². The van der Waals surface area contributed by atoms with Crippen molar-refractivity contribution in [1.29, 1.82) is 0 Å². The number of nitrogens with two attached hydrogens (primary N) is 2. The molecule has 0 aliphatic rings. The fraction of sp³-hybridized carbons (Fsp3) is 0.585. The zero-order valence-corrected chi connectivity index (χ0v) is 46.8. The van der Waals surface area contributed by atoms with E-state index in [-0.39, 0.29) is 62.0 Å². The number of carboxylic acids is 1. The maximum Gasteiger partial charge on any atom is 0.326 e. The van der Waals surface area contributed by atoms with E-state index in [4.69, 9.17) is 11.5 Å². The van der Waals surface area contributed by atoms with E-state index in [0.717, 1.165) is 0 Å². The van der Waals surface area contributed by atoms with Crippen LogP contribution < -0.4 is 59.3 Å². The highest BCUT2D eigenvalue weighted by Gasteiger charge is 2.36. The number of rotatable bonds is 35. The zero-order valence-electron chi connectivity index (χ0n) is 46.0. The third-order valence-electron chi connectivity index (χ3n) is 12.3. The van der Waals surface area contributed by atoms with Gasteiger partial charge in [0.25, 0.3) is 0 Å². The molecule has 440 valence electrons. The van der Waals surface area contributed by atoms with E-state index in [1.807, 2.05) is 0 Å². The number of hydrogen-bond donors (Lipinski definition) is 16. The molecule has 0 aliphatic heterocycles. The number of carbonyl (C=O) groups excluding carboxylic acids is 9. The van der Waals surface area contributed by atoms with Gasteiger partial charge in [0.15, 0.2) is 0 Å². The number of amides is 9. The molecule has 0 spiro atoms. The number of carbonyl (C=O) groups is 10. The van der Waals surface area contributed by atoms with Crippen molar-refractivity contribution < 1.29 is 68.4 Å².